The maximum absolute atomic E-state index is 4.25. The molecule has 0 atom stereocenters. The lowest BCUT2D eigenvalue weighted by atomic mass is 10.2. The first-order valence-corrected chi connectivity index (χ1v) is 8.22. The summed E-state index contributed by atoms with van der Waals surface area (Å²) in [5, 5.41) is 0. The molecule has 0 amide bonds. The minimum Gasteiger partial charge on any atom is -0.256 e. The molecule has 0 aliphatic rings. The molecule has 0 aliphatic carbocycles. The van der Waals surface area contributed by atoms with Crippen LogP contribution in [0, 0.1) is 0 Å². The second-order valence-electron chi connectivity index (χ2n) is 3.56. The summed E-state index contributed by atoms with van der Waals surface area (Å²) in [5.74, 6) is 0. The van der Waals surface area contributed by atoms with Crippen LogP contribution in [-0.2, 0) is 0 Å². The minimum atomic E-state index is 0.809. The maximum Gasteiger partial charge on any atom is 0.0623 e. The van der Waals surface area contributed by atoms with Crippen LogP contribution in [0.2, 0.25) is 0 Å². The summed E-state index contributed by atoms with van der Waals surface area (Å²) in [6.07, 6.45) is 14.1. The van der Waals surface area contributed by atoms with Crippen molar-refractivity contribution in [2.24, 2.45) is 4.99 Å². The summed E-state index contributed by atoms with van der Waals surface area (Å²) in [6, 6.07) is 9.93. The van der Waals surface area contributed by atoms with Crippen LogP contribution in [0.3, 0.4) is 0 Å². The third-order valence-electron chi connectivity index (χ3n) is 2.04. The number of hydrogen-bond acceptors (Lipinski definition) is 1. The zero-order valence-corrected chi connectivity index (χ0v) is 15.8. The Balaban J connectivity index is -0.000000371. The highest BCUT2D eigenvalue weighted by molar-refractivity contribution is 5.80. The second-order valence-corrected chi connectivity index (χ2v) is 3.56. The molecule has 0 radical (unpaired) electrons. The van der Waals surface area contributed by atoms with Crippen LogP contribution in [0.5, 0.6) is 0 Å². The van der Waals surface area contributed by atoms with Crippen molar-refractivity contribution in [2.75, 3.05) is 0 Å². The lowest BCUT2D eigenvalue weighted by Crippen LogP contribution is -1.79. The van der Waals surface area contributed by atoms with Gasteiger partial charge in [0.05, 0.1) is 5.70 Å². The maximum atomic E-state index is 4.25. The summed E-state index contributed by atoms with van der Waals surface area (Å²) in [4.78, 5) is 4.25. The third-order valence-corrected chi connectivity index (χ3v) is 2.04. The average molecular weight is 324 g/mol. The van der Waals surface area contributed by atoms with Gasteiger partial charge in [-0.15, -0.1) is 0 Å². The third kappa shape index (κ3) is 19.3. The van der Waals surface area contributed by atoms with Crippen molar-refractivity contribution < 1.29 is 0 Å². The molecule has 0 bridgehead atoms. The Kier molecular flexibility index (Phi) is 27.7. The van der Waals surface area contributed by atoms with E-state index in [1.807, 2.05) is 76.3 Å². The van der Waals surface area contributed by atoms with E-state index in [-0.39, 0.29) is 0 Å². The summed E-state index contributed by atoms with van der Waals surface area (Å²) in [7, 11) is 0. The largest absolute Gasteiger partial charge is 0.256 e. The van der Waals surface area contributed by atoms with Crippen LogP contribution in [-0.4, -0.2) is 6.21 Å². The van der Waals surface area contributed by atoms with Crippen LogP contribution < -0.4 is 0 Å². The second kappa shape index (κ2) is 25.3. The molecule has 1 aromatic carbocycles. The smallest absolute Gasteiger partial charge is 0.0623 e. The van der Waals surface area contributed by atoms with Gasteiger partial charge in [-0.05, 0) is 17.7 Å². The van der Waals surface area contributed by atoms with Crippen molar-refractivity contribution in [2.45, 2.75) is 27.7 Å². The van der Waals surface area contributed by atoms with Gasteiger partial charge in [-0.25, -0.2) is 0 Å². The fourth-order valence-electron chi connectivity index (χ4n) is 1.13. The molecule has 0 aromatic heterocycles. The van der Waals surface area contributed by atoms with Gasteiger partial charge in [-0.2, -0.15) is 0 Å². The van der Waals surface area contributed by atoms with E-state index in [1.165, 1.54) is 0 Å². The van der Waals surface area contributed by atoms with Gasteiger partial charge in [-0.1, -0.05) is 115 Å². The van der Waals surface area contributed by atoms with Crippen molar-refractivity contribution in [3.8, 4) is 0 Å². The Morgan fingerprint density at radius 3 is 1.67 bits per heavy atom. The fraction of sp³-hybridized carbons (Fsp3) is 0.174. The van der Waals surface area contributed by atoms with Crippen molar-refractivity contribution >= 4 is 6.21 Å². The van der Waals surface area contributed by atoms with E-state index in [4.69, 9.17) is 0 Å². The van der Waals surface area contributed by atoms with Gasteiger partial charge in [0.25, 0.3) is 0 Å². The normalized spacial score (nSPS) is 9.42. The number of aliphatic imine (C=N–C) groups is 1. The zero-order chi connectivity index (χ0) is 19.1. The predicted octanol–water partition coefficient (Wildman–Crippen LogP) is 7.33. The van der Waals surface area contributed by atoms with E-state index in [1.54, 1.807) is 30.5 Å². The SMILES string of the molecule is C=C/C=C(\C=C)N=Cc1ccccc1.C=C/C=C\C=C.CC.CC. The Bertz CT molecular complexity index is 492. The Labute approximate surface area is 149 Å². The summed E-state index contributed by atoms with van der Waals surface area (Å²) < 4.78 is 0. The Hall–Kier alpha value is -2.67. The molecule has 1 rings (SSSR count). The Morgan fingerprint density at radius 1 is 0.792 bits per heavy atom. The minimum absolute atomic E-state index is 0.809. The molecule has 0 heterocycles. The van der Waals surface area contributed by atoms with Gasteiger partial charge in [0, 0.05) is 6.21 Å². The number of nitrogens with zero attached hydrogens (tertiary/aromatic N) is 1. The van der Waals surface area contributed by atoms with Gasteiger partial charge in [0.2, 0.25) is 0 Å². The van der Waals surface area contributed by atoms with Crippen LogP contribution >= 0.6 is 0 Å². The van der Waals surface area contributed by atoms with E-state index in [2.05, 4.69) is 31.3 Å². The monoisotopic (exact) mass is 323 g/mol. The molecule has 0 unspecified atom stereocenters. The molecule has 0 saturated heterocycles. The molecule has 0 spiro atoms. The van der Waals surface area contributed by atoms with Crippen LogP contribution in [0.4, 0.5) is 0 Å². The van der Waals surface area contributed by atoms with Gasteiger partial charge in [-0.3, -0.25) is 4.99 Å². The zero-order valence-electron chi connectivity index (χ0n) is 15.8. The molecule has 0 aliphatic heterocycles. The standard InChI is InChI=1S/C13H13N.C6H8.2C2H6/c1-3-8-13(4-2)14-11-12-9-6-5-7-10-12;1-3-5-6-4-2;2*1-2/h3-11H,1-2H2;3-6H,1-2H2;2*1-2H3/b13-8+,14-11?;6-5-;;. The molecule has 0 fully saturated rings. The number of hydrogen-bond donors (Lipinski definition) is 0. The molecule has 1 nitrogen and oxygen atoms in total. The van der Waals surface area contributed by atoms with Crippen molar-refractivity contribution in [1.82, 2.24) is 0 Å². The summed E-state index contributed by atoms with van der Waals surface area (Å²) in [5.41, 5.74) is 1.88. The number of benzene rings is 1. The summed E-state index contributed by atoms with van der Waals surface area (Å²) in [6.45, 7) is 22.2. The Morgan fingerprint density at radius 2 is 1.29 bits per heavy atom. The van der Waals surface area contributed by atoms with E-state index in [0.717, 1.165) is 11.3 Å². The van der Waals surface area contributed by atoms with Crippen LogP contribution in [0.15, 0.2) is 110 Å². The first-order valence-electron chi connectivity index (χ1n) is 8.22. The van der Waals surface area contributed by atoms with Gasteiger partial charge in [0.1, 0.15) is 0 Å². The van der Waals surface area contributed by atoms with E-state index in [0.29, 0.717) is 0 Å². The fourth-order valence-corrected chi connectivity index (χ4v) is 1.13. The first kappa shape index (κ1) is 26.2. The number of rotatable bonds is 6. The molecule has 130 valence electrons. The first-order chi connectivity index (χ1) is 11.8. The number of allylic oxidation sites excluding steroid dienone is 7. The van der Waals surface area contributed by atoms with Crippen LogP contribution in [0.1, 0.15) is 33.3 Å². The highest BCUT2D eigenvalue weighted by atomic mass is 14.7. The molecular weight excluding hydrogens is 290 g/mol. The van der Waals surface area contributed by atoms with E-state index < -0.39 is 0 Å². The molecule has 0 N–H and O–H groups in total. The van der Waals surface area contributed by atoms with Gasteiger partial charge in [0.15, 0.2) is 0 Å². The lowest BCUT2D eigenvalue weighted by molar-refractivity contribution is 1.43. The van der Waals surface area contributed by atoms with Crippen LogP contribution in [0.25, 0.3) is 0 Å². The molecule has 1 aromatic rings. The van der Waals surface area contributed by atoms with Crippen molar-refractivity contribution in [3.63, 3.8) is 0 Å². The quantitative estimate of drug-likeness (QED) is 0.384. The van der Waals surface area contributed by atoms with Crippen molar-refractivity contribution in [1.29, 1.82) is 0 Å². The highest BCUT2D eigenvalue weighted by Gasteiger charge is 1.85. The molecule has 1 heteroatoms. The average Bonchev–Trinajstić information content (AvgIpc) is 2.68. The molecule has 24 heavy (non-hydrogen) atoms. The molecule has 0 saturated carbocycles. The lowest BCUT2D eigenvalue weighted by Gasteiger charge is -1.92. The van der Waals surface area contributed by atoms with E-state index >= 15 is 0 Å². The van der Waals surface area contributed by atoms with Gasteiger partial charge >= 0.3 is 0 Å². The summed E-state index contributed by atoms with van der Waals surface area (Å²) >= 11 is 0. The highest BCUT2D eigenvalue weighted by Crippen LogP contribution is 2.00. The van der Waals surface area contributed by atoms with Gasteiger partial charge < -0.3 is 0 Å². The topological polar surface area (TPSA) is 12.4 Å². The predicted molar refractivity (Wildman–Crippen MR) is 115 cm³/mol. The molecular formula is C23H33N. The van der Waals surface area contributed by atoms with Crippen molar-refractivity contribution in [3.05, 3.63) is 110 Å². The van der Waals surface area contributed by atoms with E-state index in [9.17, 15) is 0 Å².